The third kappa shape index (κ3) is 4.76. The van der Waals surface area contributed by atoms with Gasteiger partial charge < -0.3 is 10.1 Å². The zero-order valence-electron chi connectivity index (χ0n) is 12.3. The number of hydrogen-bond donors (Lipinski definition) is 1. The Bertz CT molecular complexity index is 394. The molecule has 3 nitrogen and oxygen atoms in total. The van der Waals surface area contributed by atoms with Crippen molar-refractivity contribution in [3.63, 3.8) is 0 Å². The Morgan fingerprint density at radius 2 is 2.20 bits per heavy atom. The summed E-state index contributed by atoms with van der Waals surface area (Å²) in [6.07, 6.45) is 3.66. The number of rotatable bonds is 8. The summed E-state index contributed by atoms with van der Waals surface area (Å²) < 4.78 is 19.0. The van der Waals surface area contributed by atoms with Crippen molar-refractivity contribution >= 4 is 0 Å². The average molecular weight is 280 g/mol. The highest BCUT2D eigenvalue weighted by Crippen LogP contribution is 2.15. The standard InChI is InChI=1S/C16H25FN2O/c1-2-10-19(13-14-6-5-9-18-14)11-12-20-16-8-4-3-7-15(16)17/h3-4,7-8,14,18H,2,5-6,9-13H2,1H3. The average Bonchev–Trinajstić information content (AvgIpc) is 2.94. The first-order valence-corrected chi connectivity index (χ1v) is 7.62. The summed E-state index contributed by atoms with van der Waals surface area (Å²) in [6, 6.07) is 7.19. The second kappa shape index (κ2) is 8.22. The van der Waals surface area contributed by atoms with Crippen molar-refractivity contribution in [3.8, 4) is 5.75 Å². The SMILES string of the molecule is CCCN(CCOc1ccccc1F)CC1CCCN1. The number of hydrogen-bond acceptors (Lipinski definition) is 3. The normalized spacial score (nSPS) is 18.6. The van der Waals surface area contributed by atoms with Crippen LogP contribution in [0.5, 0.6) is 5.75 Å². The smallest absolute Gasteiger partial charge is 0.165 e. The van der Waals surface area contributed by atoms with E-state index < -0.39 is 0 Å². The molecule has 0 aliphatic carbocycles. The number of nitrogens with zero attached hydrogens (tertiary/aromatic N) is 1. The number of benzene rings is 1. The van der Waals surface area contributed by atoms with Crippen LogP contribution in [-0.2, 0) is 0 Å². The molecule has 1 saturated heterocycles. The lowest BCUT2D eigenvalue weighted by Crippen LogP contribution is -2.39. The molecule has 0 aromatic heterocycles. The molecule has 0 amide bonds. The lowest BCUT2D eigenvalue weighted by Gasteiger charge is -2.25. The van der Waals surface area contributed by atoms with Crippen LogP contribution in [0.2, 0.25) is 0 Å². The van der Waals surface area contributed by atoms with Crippen molar-refractivity contribution in [2.45, 2.75) is 32.2 Å². The molecule has 0 bridgehead atoms. The van der Waals surface area contributed by atoms with Gasteiger partial charge in [-0.15, -0.1) is 0 Å². The first kappa shape index (κ1) is 15.3. The number of halogens is 1. The van der Waals surface area contributed by atoms with E-state index in [1.807, 2.05) is 0 Å². The molecule has 0 spiro atoms. The number of para-hydroxylation sites is 1. The third-order valence-corrected chi connectivity index (χ3v) is 3.68. The van der Waals surface area contributed by atoms with E-state index in [1.54, 1.807) is 18.2 Å². The highest BCUT2D eigenvalue weighted by molar-refractivity contribution is 5.23. The van der Waals surface area contributed by atoms with E-state index in [-0.39, 0.29) is 5.82 Å². The summed E-state index contributed by atoms with van der Waals surface area (Å²) in [6.45, 7) is 6.84. The van der Waals surface area contributed by atoms with Gasteiger partial charge in [-0.2, -0.15) is 0 Å². The van der Waals surface area contributed by atoms with Gasteiger partial charge in [0, 0.05) is 19.1 Å². The molecular formula is C16H25FN2O. The van der Waals surface area contributed by atoms with Crippen LogP contribution in [0.1, 0.15) is 26.2 Å². The highest BCUT2D eigenvalue weighted by atomic mass is 19.1. The van der Waals surface area contributed by atoms with Crippen LogP contribution in [0, 0.1) is 5.82 Å². The highest BCUT2D eigenvalue weighted by Gasteiger charge is 2.17. The van der Waals surface area contributed by atoms with Crippen LogP contribution in [0.4, 0.5) is 4.39 Å². The maximum Gasteiger partial charge on any atom is 0.165 e. The molecule has 1 aliphatic rings. The fraction of sp³-hybridized carbons (Fsp3) is 0.625. The van der Waals surface area contributed by atoms with Gasteiger partial charge in [-0.05, 0) is 44.5 Å². The van der Waals surface area contributed by atoms with Gasteiger partial charge in [-0.3, -0.25) is 4.90 Å². The minimum atomic E-state index is -0.285. The molecule has 1 fully saturated rings. The maximum atomic E-state index is 13.4. The van der Waals surface area contributed by atoms with Gasteiger partial charge in [-0.1, -0.05) is 19.1 Å². The minimum Gasteiger partial charge on any atom is -0.489 e. The maximum absolute atomic E-state index is 13.4. The Labute approximate surface area is 121 Å². The molecule has 20 heavy (non-hydrogen) atoms. The van der Waals surface area contributed by atoms with Crippen LogP contribution in [-0.4, -0.2) is 43.7 Å². The van der Waals surface area contributed by atoms with Crippen LogP contribution < -0.4 is 10.1 Å². The lowest BCUT2D eigenvalue weighted by atomic mass is 10.2. The zero-order valence-corrected chi connectivity index (χ0v) is 12.3. The first-order valence-electron chi connectivity index (χ1n) is 7.62. The van der Waals surface area contributed by atoms with E-state index in [1.165, 1.54) is 18.9 Å². The van der Waals surface area contributed by atoms with Crippen molar-refractivity contribution < 1.29 is 9.13 Å². The number of nitrogens with one attached hydrogen (secondary N) is 1. The summed E-state index contributed by atoms with van der Waals surface area (Å²) in [5.41, 5.74) is 0. The van der Waals surface area contributed by atoms with Gasteiger partial charge in [0.25, 0.3) is 0 Å². The van der Waals surface area contributed by atoms with Gasteiger partial charge >= 0.3 is 0 Å². The molecule has 1 aromatic carbocycles. The summed E-state index contributed by atoms with van der Waals surface area (Å²) in [5, 5.41) is 3.52. The van der Waals surface area contributed by atoms with Crippen molar-refractivity contribution in [3.05, 3.63) is 30.1 Å². The van der Waals surface area contributed by atoms with Crippen molar-refractivity contribution in [2.24, 2.45) is 0 Å². The molecule has 4 heteroatoms. The Hall–Kier alpha value is -1.13. The Morgan fingerprint density at radius 3 is 2.90 bits per heavy atom. The van der Waals surface area contributed by atoms with E-state index in [0.29, 0.717) is 18.4 Å². The second-order valence-electron chi connectivity index (χ2n) is 5.37. The second-order valence-corrected chi connectivity index (χ2v) is 5.37. The van der Waals surface area contributed by atoms with Crippen LogP contribution in [0.25, 0.3) is 0 Å². The fourth-order valence-corrected chi connectivity index (χ4v) is 2.68. The molecule has 1 aromatic rings. The van der Waals surface area contributed by atoms with Gasteiger partial charge in [-0.25, -0.2) is 4.39 Å². The summed E-state index contributed by atoms with van der Waals surface area (Å²) in [4.78, 5) is 2.41. The van der Waals surface area contributed by atoms with Gasteiger partial charge in [0.1, 0.15) is 6.61 Å². The minimum absolute atomic E-state index is 0.285. The summed E-state index contributed by atoms with van der Waals surface area (Å²) in [7, 11) is 0. The van der Waals surface area contributed by atoms with Crippen LogP contribution >= 0.6 is 0 Å². The van der Waals surface area contributed by atoms with Crippen LogP contribution in [0.3, 0.4) is 0 Å². The lowest BCUT2D eigenvalue weighted by molar-refractivity contribution is 0.193. The third-order valence-electron chi connectivity index (χ3n) is 3.68. The van der Waals surface area contributed by atoms with E-state index in [4.69, 9.17) is 4.74 Å². The molecule has 0 radical (unpaired) electrons. The predicted octanol–water partition coefficient (Wildman–Crippen LogP) is 2.67. The van der Waals surface area contributed by atoms with Crippen molar-refractivity contribution in [1.29, 1.82) is 0 Å². The van der Waals surface area contributed by atoms with Gasteiger partial charge in [0.05, 0.1) is 0 Å². The molecular weight excluding hydrogens is 255 g/mol. The van der Waals surface area contributed by atoms with Crippen molar-refractivity contribution in [2.75, 3.05) is 32.8 Å². The largest absolute Gasteiger partial charge is 0.489 e. The quantitative estimate of drug-likeness (QED) is 0.792. The molecule has 1 N–H and O–H groups in total. The van der Waals surface area contributed by atoms with E-state index in [0.717, 1.165) is 32.6 Å². The van der Waals surface area contributed by atoms with Crippen molar-refractivity contribution in [1.82, 2.24) is 10.2 Å². The summed E-state index contributed by atoms with van der Waals surface area (Å²) >= 11 is 0. The monoisotopic (exact) mass is 280 g/mol. The Kier molecular flexibility index (Phi) is 6.27. The zero-order chi connectivity index (χ0) is 14.2. The van der Waals surface area contributed by atoms with Gasteiger partial charge in [0.15, 0.2) is 11.6 Å². The molecule has 1 aliphatic heterocycles. The Balaban J connectivity index is 1.75. The molecule has 0 saturated carbocycles. The first-order chi connectivity index (χ1) is 9.79. The summed E-state index contributed by atoms with van der Waals surface area (Å²) in [5.74, 6) is 0.0648. The van der Waals surface area contributed by atoms with Crippen LogP contribution in [0.15, 0.2) is 24.3 Å². The fourth-order valence-electron chi connectivity index (χ4n) is 2.68. The van der Waals surface area contributed by atoms with E-state index >= 15 is 0 Å². The number of ether oxygens (including phenoxy) is 1. The molecule has 1 heterocycles. The van der Waals surface area contributed by atoms with E-state index in [2.05, 4.69) is 17.1 Å². The molecule has 1 atom stereocenters. The van der Waals surface area contributed by atoms with E-state index in [9.17, 15) is 4.39 Å². The molecule has 2 rings (SSSR count). The van der Waals surface area contributed by atoms with Gasteiger partial charge in [0.2, 0.25) is 0 Å². The molecule has 112 valence electrons. The molecule has 1 unspecified atom stereocenters. The Morgan fingerprint density at radius 1 is 1.35 bits per heavy atom. The predicted molar refractivity (Wildman–Crippen MR) is 79.7 cm³/mol. The topological polar surface area (TPSA) is 24.5 Å².